The molecule has 0 spiro atoms. The summed E-state index contributed by atoms with van der Waals surface area (Å²) in [5.41, 5.74) is 0.742. The third-order valence-electron chi connectivity index (χ3n) is 4.21. The topological polar surface area (TPSA) is 41.5 Å². The molecule has 1 saturated carbocycles. The van der Waals surface area contributed by atoms with Crippen molar-refractivity contribution in [1.82, 2.24) is 5.32 Å². The molecule has 1 heterocycles. The lowest BCUT2D eigenvalue weighted by Gasteiger charge is -2.38. The Kier molecular flexibility index (Phi) is 3.83. The second kappa shape index (κ2) is 5.43. The number of hydrogen-bond acceptors (Lipinski definition) is 3. The molecule has 1 fully saturated rings. The van der Waals surface area contributed by atoms with Crippen LogP contribution in [0.3, 0.4) is 0 Å². The molecule has 1 aromatic carbocycles. The van der Waals surface area contributed by atoms with Crippen LogP contribution in [-0.2, 0) is 0 Å². The number of halogens is 1. The molecule has 3 nitrogen and oxygen atoms in total. The van der Waals surface area contributed by atoms with Gasteiger partial charge in [-0.15, -0.1) is 0 Å². The Bertz CT molecular complexity index is 459. The molecule has 0 bridgehead atoms. The molecule has 1 aliphatic carbocycles. The van der Waals surface area contributed by atoms with E-state index in [1.54, 1.807) is 0 Å². The second-order valence-electron chi connectivity index (χ2n) is 5.68. The molecule has 0 amide bonds. The van der Waals surface area contributed by atoms with Gasteiger partial charge in [-0.05, 0) is 44.2 Å². The Morgan fingerprint density at radius 1 is 1.37 bits per heavy atom. The minimum absolute atomic E-state index is 0.287. The zero-order chi connectivity index (χ0) is 13.3. The first kappa shape index (κ1) is 13.4. The predicted octanol–water partition coefficient (Wildman–Crippen LogP) is 3.17. The Morgan fingerprint density at radius 2 is 2.21 bits per heavy atom. The summed E-state index contributed by atoms with van der Waals surface area (Å²) < 4.78 is 6.85. The van der Waals surface area contributed by atoms with E-state index in [0.717, 1.165) is 48.9 Å². The molecule has 0 radical (unpaired) electrons. The Morgan fingerprint density at radius 3 is 2.95 bits per heavy atom. The number of rotatable bonds is 3. The van der Waals surface area contributed by atoms with Gasteiger partial charge in [0.25, 0.3) is 0 Å². The monoisotopic (exact) mass is 325 g/mol. The average Bonchev–Trinajstić information content (AvgIpc) is 2.56. The molecule has 1 atom stereocenters. The fourth-order valence-corrected chi connectivity index (χ4v) is 3.17. The molecule has 104 valence electrons. The minimum Gasteiger partial charge on any atom is -0.493 e. The molecule has 0 saturated heterocycles. The Balaban J connectivity index is 1.74. The Hall–Kier alpha value is -0.580. The molecule has 2 aliphatic rings. The van der Waals surface area contributed by atoms with E-state index in [1.807, 2.05) is 6.07 Å². The van der Waals surface area contributed by atoms with Crippen molar-refractivity contribution >= 4 is 15.9 Å². The Labute approximate surface area is 122 Å². The molecule has 1 aromatic rings. The molecular formula is C15H20BrNO2. The second-order valence-corrected chi connectivity index (χ2v) is 6.60. The average molecular weight is 326 g/mol. The van der Waals surface area contributed by atoms with Gasteiger partial charge >= 0.3 is 0 Å². The van der Waals surface area contributed by atoms with E-state index in [0.29, 0.717) is 6.54 Å². The van der Waals surface area contributed by atoms with Gasteiger partial charge in [0.15, 0.2) is 0 Å². The van der Waals surface area contributed by atoms with E-state index in [9.17, 15) is 5.11 Å². The summed E-state index contributed by atoms with van der Waals surface area (Å²) in [5, 5.41) is 13.7. The van der Waals surface area contributed by atoms with Crippen LogP contribution in [0.1, 0.15) is 43.7 Å². The normalized spacial score (nSPS) is 24.8. The molecule has 2 N–H and O–H groups in total. The summed E-state index contributed by atoms with van der Waals surface area (Å²) in [4.78, 5) is 0. The van der Waals surface area contributed by atoms with Gasteiger partial charge in [-0.2, -0.15) is 0 Å². The number of benzene rings is 1. The van der Waals surface area contributed by atoms with Gasteiger partial charge in [0.05, 0.1) is 12.2 Å². The lowest BCUT2D eigenvalue weighted by Crippen LogP contribution is -2.47. The first-order chi connectivity index (χ1) is 9.16. The molecule has 1 aliphatic heterocycles. The molecule has 4 heteroatoms. The number of aliphatic hydroxyl groups is 1. The maximum absolute atomic E-state index is 10.2. The highest BCUT2D eigenvalue weighted by Crippen LogP contribution is 2.35. The molecule has 19 heavy (non-hydrogen) atoms. The maximum Gasteiger partial charge on any atom is 0.125 e. The summed E-state index contributed by atoms with van der Waals surface area (Å²) in [5.74, 6) is 0.963. The van der Waals surface area contributed by atoms with Gasteiger partial charge in [0.2, 0.25) is 0 Å². The molecular weight excluding hydrogens is 306 g/mol. The van der Waals surface area contributed by atoms with Gasteiger partial charge in [-0.3, -0.25) is 0 Å². The first-order valence-corrected chi connectivity index (χ1v) is 7.84. The molecule has 0 aromatic heterocycles. The van der Waals surface area contributed by atoms with Crippen LogP contribution in [0, 0.1) is 0 Å². The van der Waals surface area contributed by atoms with E-state index in [2.05, 4.69) is 33.4 Å². The minimum atomic E-state index is -0.470. The van der Waals surface area contributed by atoms with E-state index < -0.39 is 5.60 Å². The number of nitrogens with one attached hydrogen (secondary N) is 1. The SMILES string of the molecule is OC1(CNC2CCCOc3cc(Br)ccc32)CCC1. The van der Waals surface area contributed by atoms with Crippen LogP contribution in [0.25, 0.3) is 0 Å². The van der Waals surface area contributed by atoms with Crippen LogP contribution in [0.2, 0.25) is 0 Å². The fourth-order valence-electron chi connectivity index (χ4n) is 2.83. The van der Waals surface area contributed by atoms with Crippen LogP contribution < -0.4 is 10.1 Å². The third-order valence-corrected chi connectivity index (χ3v) is 4.70. The van der Waals surface area contributed by atoms with Crippen LogP contribution in [0.15, 0.2) is 22.7 Å². The van der Waals surface area contributed by atoms with E-state index in [-0.39, 0.29) is 6.04 Å². The smallest absolute Gasteiger partial charge is 0.125 e. The van der Waals surface area contributed by atoms with E-state index in [1.165, 1.54) is 5.56 Å². The van der Waals surface area contributed by atoms with Crippen molar-refractivity contribution in [2.24, 2.45) is 0 Å². The summed E-state index contributed by atoms with van der Waals surface area (Å²) in [6.07, 6.45) is 5.11. The summed E-state index contributed by atoms with van der Waals surface area (Å²) in [7, 11) is 0. The quantitative estimate of drug-likeness (QED) is 0.896. The van der Waals surface area contributed by atoms with Crippen LogP contribution in [-0.4, -0.2) is 23.9 Å². The van der Waals surface area contributed by atoms with Crippen molar-refractivity contribution in [3.63, 3.8) is 0 Å². The summed E-state index contributed by atoms with van der Waals surface area (Å²) in [6.45, 7) is 1.46. The van der Waals surface area contributed by atoms with Crippen molar-refractivity contribution < 1.29 is 9.84 Å². The van der Waals surface area contributed by atoms with Crippen LogP contribution in [0.4, 0.5) is 0 Å². The lowest BCUT2D eigenvalue weighted by molar-refractivity contribution is -0.0334. The highest BCUT2D eigenvalue weighted by molar-refractivity contribution is 9.10. The zero-order valence-corrected chi connectivity index (χ0v) is 12.6. The van der Waals surface area contributed by atoms with Gasteiger partial charge in [-0.25, -0.2) is 0 Å². The fraction of sp³-hybridized carbons (Fsp3) is 0.600. The van der Waals surface area contributed by atoms with Gasteiger partial charge in [0, 0.05) is 22.6 Å². The van der Waals surface area contributed by atoms with Crippen LogP contribution in [0.5, 0.6) is 5.75 Å². The van der Waals surface area contributed by atoms with Crippen molar-refractivity contribution in [3.8, 4) is 5.75 Å². The van der Waals surface area contributed by atoms with Gasteiger partial charge in [0.1, 0.15) is 5.75 Å². The van der Waals surface area contributed by atoms with Crippen molar-refractivity contribution in [2.45, 2.75) is 43.7 Å². The maximum atomic E-state index is 10.2. The molecule has 3 rings (SSSR count). The number of hydrogen-bond donors (Lipinski definition) is 2. The van der Waals surface area contributed by atoms with Crippen LogP contribution >= 0.6 is 15.9 Å². The predicted molar refractivity (Wildman–Crippen MR) is 78.4 cm³/mol. The highest BCUT2D eigenvalue weighted by Gasteiger charge is 2.35. The lowest BCUT2D eigenvalue weighted by atomic mass is 9.80. The summed E-state index contributed by atoms with van der Waals surface area (Å²) in [6, 6.07) is 6.50. The zero-order valence-electron chi connectivity index (χ0n) is 11.0. The van der Waals surface area contributed by atoms with E-state index >= 15 is 0 Å². The van der Waals surface area contributed by atoms with Crippen molar-refractivity contribution in [3.05, 3.63) is 28.2 Å². The summed E-state index contributed by atoms with van der Waals surface area (Å²) >= 11 is 3.49. The first-order valence-electron chi connectivity index (χ1n) is 7.04. The van der Waals surface area contributed by atoms with Crippen molar-refractivity contribution in [1.29, 1.82) is 0 Å². The van der Waals surface area contributed by atoms with Gasteiger partial charge < -0.3 is 15.2 Å². The largest absolute Gasteiger partial charge is 0.493 e. The standard InChI is InChI=1S/C15H20BrNO2/c16-11-4-5-12-13(3-1-8-19-14(12)9-11)17-10-15(18)6-2-7-15/h4-5,9,13,17-18H,1-3,6-8,10H2. The van der Waals surface area contributed by atoms with Crippen molar-refractivity contribution in [2.75, 3.05) is 13.2 Å². The third kappa shape index (κ3) is 2.96. The number of fused-ring (bicyclic) bond motifs is 1. The number of ether oxygens (including phenoxy) is 1. The molecule has 1 unspecified atom stereocenters. The van der Waals surface area contributed by atoms with Gasteiger partial charge in [-0.1, -0.05) is 22.0 Å². The highest BCUT2D eigenvalue weighted by atomic mass is 79.9. The van der Waals surface area contributed by atoms with E-state index in [4.69, 9.17) is 4.74 Å².